The predicted octanol–water partition coefficient (Wildman–Crippen LogP) is 2.35. The van der Waals surface area contributed by atoms with Crippen molar-refractivity contribution in [1.82, 2.24) is 10.2 Å². The van der Waals surface area contributed by atoms with Gasteiger partial charge in [-0.3, -0.25) is 10.1 Å². The minimum absolute atomic E-state index is 0.153. The van der Waals surface area contributed by atoms with Crippen molar-refractivity contribution >= 4 is 22.4 Å². The maximum atomic E-state index is 11.7. The molecule has 1 heterocycles. The Kier molecular flexibility index (Phi) is 3.26. The Labute approximate surface area is 97.3 Å². The van der Waals surface area contributed by atoms with E-state index >= 15 is 0 Å². The highest BCUT2D eigenvalue weighted by atomic mass is 32.1. The largest absolute Gasteiger partial charge is 0.296 e. The van der Waals surface area contributed by atoms with Crippen LogP contribution in [0.4, 0.5) is 5.13 Å². The summed E-state index contributed by atoms with van der Waals surface area (Å²) in [5.74, 6) is -0.153. The van der Waals surface area contributed by atoms with Crippen molar-refractivity contribution in [3.63, 3.8) is 0 Å². The van der Waals surface area contributed by atoms with Gasteiger partial charge >= 0.3 is 0 Å². The Morgan fingerprint density at radius 1 is 1.38 bits per heavy atom. The molecule has 0 spiro atoms. The van der Waals surface area contributed by atoms with E-state index in [0.29, 0.717) is 10.7 Å². The molecule has 0 saturated carbocycles. The van der Waals surface area contributed by atoms with E-state index < -0.39 is 0 Å². The summed E-state index contributed by atoms with van der Waals surface area (Å²) < 4.78 is 0. The summed E-state index contributed by atoms with van der Waals surface area (Å²) in [6.45, 7) is 2.08. The molecule has 0 atom stereocenters. The molecular weight excluding hydrogens is 222 g/mol. The molecule has 82 valence electrons. The van der Waals surface area contributed by atoms with E-state index in [9.17, 15) is 4.79 Å². The summed E-state index contributed by atoms with van der Waals surface area (Å²) in [6, 6.07) is 7.54. The van der Waals surface area contributed by atoms with Crippen molar-refractivity contribution < 1.29 is 4.79 Å². The maximum absolute atomic E-state index is 11.7. The van der Waals surface area contributed by atoms with Gasteiger partial charge in [0.1, 0.15) is 5.51 Å². The van der Waals surface area contributed by atoms with Gasteiger partial charge in [-0.15, -0.1) is 10.2 Å². The number of hydrogen-bond acceptors (Lipinski definition) is 4. The van der Waals surface area contributed by atoms with Crippen LogP contribution in [0, 0.1) is 0 Å². The molecule has 0 radical (unpaired) electrons. The molecule has 1 amide bonds. The zero-order valence-electron chi connectivity index (χ0n) is 8.80. The lowest BCUT2D eigenvalue weighted by atomic mass is 10.1. The second-order valence-electron chi connectivity index (χ2n) is 3.25. The zero-order valence-corrected chi connectivity index (χ0v) is 9.62. The Bertz CT molecular complexity index is 464. The van der Waals surface area contributed by atoms with E-state index in [-0.39, 0.29) is 5.91 Å². The first-order valence-corrected chi connectivity index (χ1v) is 5.84. The summed E-state index contributed by atoms with van der Waals surface area (Å²) in [4.78, 5) is 11.7. The van der Waals surface area contributed by atoms with E-state index in [0.717, 1.165) is 6.42 Å². The van der Waals surface area contributed by atoms with Gasteiger partial charge in [-0.05, 0) is 24.1 Å². The summed E-state index contributed by atoms with van der Waals surface area (Å²) in [6.07, 6.45) is 0.971. The van der Waals surface area contributed by atoms with Crippen LogP contribution in [0.25, 0.3) is 0 Å². The van der Waals surface area contributed by atoms with Crippen molar-refractivity contribution in [3.8, 4) is 0 Å². The summed E-state index contributed by atoms with van der Waals surface area (Å²) >= 11 is 1.30. The fourth-order valence-corrected chi connectivity index (χ4v) is 1.73. The standard InChI is InChI=1S/C11H11N3OS/c1-2-8-3-5-9(6-4-8)10(15)13-11-14-12-7-16-11/h3-7H,2H2,1H3,(H,13,14,15). The van der Waals surface area contributed by atoms with Crippen molar-refractivity contribution in [3.05, 3.63) is 40.9 Å². The van der Waals surface area contributed by atoms with E-state index in [2.05, 4.69) is 22.4 Å². The first-order valence-electron chi connectivity index (χ1n) is 4.96. The molecule has 4 nitrogen and oxygen atoms in total. The van der Waals surface area contributed by atoms with E-state index in [1.54, 1.807) is 5.51 Å². The molecular formula is C11H11N3OS. The monoisotopic (exact) mass is 233 g/mol. The quantitative estimate of drug-likeness (QED) is 0.885. The van der Waals surface area contributed by atoms with Gasteiger partial charge in [-0.25, -0.2) is 0 Å². The minimum Gasteiger partial charge on any atom is -0.296 e. The van der Waals surface area contributed by atoms with Gasteiger partial charge in [0.15, 0.2) is 0 Å². The lowest BCUT2D eigenvalue weighted by molar-refractivity contribution is 0.102. The van der Waals surface area contributed by atoms with Crippen LogP contribution in [0.1, 0.15) is 22.8 Å². The summed E-state index contributed by atoms with van der Waals surface area (Å²) in [7, 11) is 0. The lowest BCUT2D eigenvalue weighted by Gasteiger charge is -2.02. The number of nitrogens with zero attached hydrogens (tertiary/aromatic N) is 2. The molecule has 1 aromatic heterocycles. The highest BCUT2D eigenvalue weighted by Gasteiger charge is 2.07. The fourth-order valence-electron chi connectivity index (χ4n) is 1.29. The van der Waals surface area contributed by atoms with Crippen LogP contribution in [0.5, 0.6) is 0 Å². The Balaban J connectivity index is 2.09. The number of hydrogen-bond donors (Lipinski definition) is 1. The van der Waals surface area contributed by atoms with Crippen molar-refractivity contribution in [2.24, 2.45) is 0 Å². The third-order valence-corrected chi connectivity index (χ3v) is 2.81. The molecule has 2 aromatic rings. The molecule has 0 bridgehead atoms. The normalized spacial score (nSPS) is 10.1. The molecule has 5 heteroatoms. The fraction of sp³-hybridized carbons (Fsp3) is 0.182. The molecule has 0 aliphatic heterocycles. The number of rotatable bonds is 3. The third-order valence-electron chi connectivity index (χ3n) is 2.20. The van der Waals surface area contributed by atoms with Gasteiger partial charge in [-0.1, -0.05) is 30.4 Å². The second kappa shape index (κ2) is 4.85. The van der Waals surface area contributed by atoms with Gasteiger partial charge in [0, 0.05) is 5.56 Å². The Morgan fingerprint density at radius 3 is 2.69 bits per heavy atom. The van der Waals surface area contributed by atoms with Crippen LogP contribution in [-0.2, 0) is 6.42 Å². The minimum atomic E-state index is -0.153. The molecule has 0 saturated heterocycles. The highest BCUT2D eigenvalue weighted by Crippen LogP contribution is 2.11. The van der Waals surface area contributed by atoms with Crippen LogP contribution in [0.3, 0.4) is 0 Å². The van der Waals surface area contributed by atoms with Crippen LogP contribution >= 0.6 is 11.3 Å². The van der Waals surface area contributed by atoms with Gasteiger partial charge in [-0.2, -0.15) is 0 Å². The van der Waals surface area contributed by atoms with Crippen molar-refractivity contribution in [2.45, 2.75) is 13.3 Å². The third kappa shape index (κ3) is 2.43. The summed E-state index contributed by atoms with van der Waals surface area (Å²) in [5.41, 5.74) is 3.43. The van der Waals surface area contributed by atoms with Crippen LogP contribution in [0.2, 0.25) is 0 Å². The van der Waals surface area contributed by atoms with Gasteiger partial charge < -0.3 is 0 Å². The lowest BCUT2D eigenvalue weighted by Crippen LogP contribution is -2.11. The molecule has 1 aromatic carbocycles. The van der Waals surface area contributed by atoms with E-state index in [4.69, 9.17) is 0 Å². The number of carbonyl (C=O) groups excluding carboxylic acids is 1. The van der Waals surface area contributed by atoms with Gasteiger partial charge in [0.25, 0.3) is 5.91 Å². The Hall–Kier alpha value is -1.75. The number of anilines is 1. The number of carbonyl (C=O) groups is 1. The SMILES string of the molecule is CCc1ccc(C(=O)Nc2nncs2)cc1. The van der Waals surface area contributed by atoms with Gasteiger partial charge in [0.05, 0.1) is 0 Å². The van der Waals surface area contributed by atoms with Crippen LogP contribution in [-0.4, -0.2) is 16.1 Å². The van der Waals surface area contributed by atoms with Crippen LogP contribution < -0.4 is 5.32 Å². The average molecular weight is 233 g/mol. The van der Waals surface area contributed by atoms with Gasteiger partial charge in [0.2, 0.25) is 5.13 Å². The number of benzene rings is 1. The number of nitrogens with one attached hydrogen (secondary N) is 1. The molecule has 1 N–H and O–H groups in total. The van der Waals surface area contributed by atoms with E-state index in [1.807, 2.05) is 24.3 Å². The average Bonchev–Trinajstić information content (AvgIpc) is 2.82. The smallest absolute Gasteiger partial charge is 0.257 e. The summed E-state index contributed by atoms with van der Waals surface area (Å²) in [5, 5.41) is 10.6. The second-order valence-corrected chi connectivity index (χ2v) is 4.08. The topological polar surface area (TPSA) is 54.9 Å². The molecule has 0 aliphatic carbocycles. The van der Waals surface area contributed by atoms with Crippen LogP contribution in [0.15, 0.2) is 29.8 Å². The maximum Gasteiger partial charge on any atom is 0.257 e. The number of aryl methyl sites for hydroxylation is 1. The molecule has 2 rings (SSSR count). The Morgan fingerprint density at radius 2 is 2.12 bits per heavy atom. The number of amides is 1. The number of aromatic nitrogens is 2. The first kappa shape index (κ1) is 10.8. The van der Waals surface area contributed by atoms with Crippen molar-refractivity contribution in [2.75, 3.05) is 5.32 Å². The molecule has 16 heavy (non-hydrogen) atoms. The molecule has 0 aliphatic rings. The molecule has 0 fully saturated rings. The predicted molar refractivity (Wildman–Crippen MR) is 63.7 cm³/mol. The molecule has 0 unspecified atom stereocenters. The highest BCUT2D eigenvalue weighted by molar-refractivity contribution is 7.13. The first-order chi connectivity index (χ1) is 7.79. The van der Waals surface area contributed by atoms with E-state index in [1.165, 1.54) is 16.9 Å². The zero-order chi connectivity index (χ0) is 11.4. The van der Waals surface area contributed by atoms with Crippen molar-refractivity contribution in [1.29, 1.82) is 0 Å².